The van der Waals surface area contributed by atoms with Gasteiger partial charge in [-0.3, -0.25) is 9.59 Å². The number of carboxylic acid groups (broad SMARTS) is 1. The van der Waals surface area contributed by atoms with Crippen LogP contribution < -0.4 is 5.32 Å². The molecule has 0 bridgehead atoms. The summed E-state index contributed by atoms with van der Waals surface area (Å²) in [6, 6.07) is 7.22. The Kier molecular flexibility index (Phi) is 3.11. The number of carboxylic acids is 1. The van der Waals surface area contributed by atoms with E-state index in [-0.39, 0.29) is 5.91 Å². The highest BCUT2D eigenvalue weighted by atomic mass is 32.2. The zero-order valence-corrected chi connectivity index (χ0v) is 10.2. The Bertz CT molecular complexity index is 451. The lowest BCUT2D eigenvalue weighted by molar-refractivity contribution is -0.137. The van der Waals surface area contributed by atoms with Crippen LogP contribution in [-0.4, -0.2) is 21.7 Å². The van der Waals surface area contributed by atoms with Crippen molar-refractivity contribution >= 4 is 29.3 Å². The molecule has 1 aromatic rings. The van der Waals surface area contributed by atoms with E-state index in [1.807, 2.05) is 12.1 Å². The van der Waals surface area contributed by atoms with Gasteiger partial charge >= 0.3 is 5.97 Å². The summed E-state index contributed by atoms with van der Waals surface area (Å²) in [5.41, 5.74) is 0.724. The summed E-state index contributed by atoms with van der Waals surface area (Å²) in [6.07, 6.45) is 1.45. The van der Waals surface area contributed by atoms with Gasteiger partial charge in [0.1, 0.15) is 4.75 Å². The molecule has 1 amide bonds. The van der Waals surface area contributed by atoms with E-state index >= 15 is 0 Å². The van der Waals surface area contributed by atoms with Gasteiger partial charge < -0.3 is 10.4 Å². The fraction of sp³-hybridized carbons (Fsp3) is 0.333. The van der Waals surface area contributed by atoms with Gasteiger partial charge in [-0.1, -0.05) is 0 Å². The maximum atomic E-state index is 11.0. The first-order valence-corrected chi connectivity index (χ1v) is 6.14. The number of carbonyl (C=O) groups excluding carboxylic acids is 1. The van der Waals surface area contributed by atoms with Gasteiger partial charge in [-0.2, -0.15) is 0 Å². The van der Waals surface area contributed by atoms with E-state index in [0.717, 1.165) is 23.4 Å². The van der Waals surface area contributed by atoms with Gasteiger partial charge in [-0.15, -0.1) is 11.8 Å². The van der Waals surface area contributed by atoms with Crippen molar-refractivity contribution in [3.8, 4) is 0 Å². The van der Waals surface area contributed by atoms with Crippen molar-refractivity contribution < 1.29 is 14.7 Å². The van der Waals surface area contributed by atoms with Gasteiger partial charge in [0.05, 0.1) is 0 Å². The van der Waals surface area contributed by atoms with Crippen LogP contribution in [0.1, 0.15) is 19.8 Å². The van der Waals surface area contributed by atoms with E-state index in [1.54, 1.807) is 12.1 Å². The van der Waals surface area contributed by atoms with Gasteiger partial charge in [0.25, 0.3) is 0 Å². The molecule has 1 aliphatic carbocycles. The predicted molar refractivity (Wildman–Crippen MR) is 66.2 cm³/mol. The topological polar surface area (TPSA) is 66.4 Å². The van der Waals surface area contributed by atoms with E-state index in [0.29, 0.717) is 0 Å². The number of thioether (sulfide) groups is 1. The molecule has 1 aliphatic rings. The maximum absolute atomic E-state index is 11.0. The third-order valence-corrected chi connectivity index (χ3v) is 4.06. The molecule has 1 aromatic carbocycles. The van der Waals surface area contributed by atoms with Gasteiger partial charge in [-0.25, -0.2) is 0 Å². The van der Waals surface area contributed by atoms with Crippen LogP contribution in [0.5, 0.6) is 0 Å². The van der Waals surface area contributed by atoms with E-state index in [9.17, 15) is 9.59 Å². The summed E-state index contributed by atoms with van der Waals surface area (Å²) in [5, 5.41) is 11.7. The van der Waals surface area contributed by atoms with Crippen molar-refractivity contribution in [2.45, 2.75) is 29.4 Å². The van der Waals surface area contributed by atoms with E-state index in [4.69, 9.17) is 5.11 Å². The number of anilines is 1. The fourth-order valence-corrected chi connectivity index (χ4v) is 2.63. The number of nitrogens with one attached hydrogen (secondary N) is 1. The number of rotatable bonds is 4. The summed E-state index contributed by atoms with van der Waals surface area (Å²) < 4.78 is -0.616. The first kappa shape index (κ1) is 12.0. The number of aliphatic carboxylic acids is 1. The molecule has 0 heterocycles. The molecule has 0 aliphatic heterocycles. The second-order valence-electron chi connectivity index (χ2n) is 4.11. The highest BCUT2D eigenvalue weighted by Crippen LogP contribution is 2.51. The van der Waals surface area contributed by atoms with E-state index < -0.39 is 10.7 Å². The fourth-order valence-electron chi connectivity index (χ4n) is 1.51. The standard InChI is InChI=1S/C12H13NO3S/c1-8(14)13-9-2-4-10(5-3-9)17-12(6-7-12)11(15)16/h2-5H,6-7H2,1H3,(H,13,14)(H,15,16). The average Bonchev–Trinajstić information content (AvgIpc) is 3.01. The summed E-state index contributed by atoms with van der Waals surface area (Å²) in [7, 11) is 0. The Labute approximate surface area is 103 Å². The summed E-state index contributed by atoms with van der Waals surface area (Å²) >= 11 is 1.38. The normalized spacial score (nSPS) is 16.3. The van der Waals surface area contributed by atoms with Crippen molar-refractivity contribution in [3.05, 3.63) is 24.3 Å². The van der Waals surface area contributed by atoms with Crippen molar-refractivity contribution in [1.82, 2.24) is 0 Å². The van der Waals surface area contributed by atoms with Gasteiger partial charge in [0, 0.05) is 17.5 Å². The molecule has 1 saturated carbocycles. The third-order valence-electron chi connectivity index (χ3n) is 2.58. The molecule has 2 rings (SSSR count). The molecule has 90 valence electrons. The first-order chi connectivity index (χ1) is 8.02. The molecule has 4 nitrogen and oxygen atoms in total. The predicted octanol–water partition coefficient (Wildman–Crippen LogP) is 2.35. The second kappa shape index (κ2) is 4.41. The van der Waals surface area contributed by atoms with E-state index in [2.05, 4.69) is 5.32 Å². The minimum atomic E-state index is -0.742. The number of amides is 1. The molecule has 0 spiro atoms. The largest absolute Gasteiger partial charge is 0.480 e. The Hall–Kier alpha value is -1.49. The van der Waals surface area contributed by atoms with Crippen LogP contribution in [-0.2, 0) is 9.59 Å². The quantitative estimate of drug-likeness (QED) is 0.862. The van der Waals surface area contributed by atoms with Crippen molar-refractivity contribution in [3.63, 3.8) is 0 Å². The monoisotopic (exact) mass is 251 g/mol. The molecule has 5 heteroatoms. The number of hydrogen-bond donors (Lipinski definition) is 2. The Morgan fingerprint density at radius 2 is 1.88 bits per heavy atom. The van der Waals surface area contributed by atoms with Crippen LogP contribution >= 0.6 is 11.8 Å². The van der Waals surface area contributed by atoms with Crippen LogP contribution in [0.4, 0.5) is 5.69 Å². The van der Waals surface area contributed by atoms with Crippen molar-refractivity contribution in [1.29, 1.82) is 0 Å². The van der Waals surface area contributed by atoms with Crippen LogP contribution in [0, 0.1) is 0 Å². The maximum Gasteiger partial charge on any atom is 0.320 e. The second-order valence-corrected chi connectivity index (χ2v) is 5.56. The number of carbonyl (C=O) groups is 2. The average molecular weight is 251 g/mol. The Balaban J connectivity index is 2.04. The van der Waals surface area contributed by atoms with Crippen LogP contribution in [0.3, 0.4) is 0 Å². The first-order valence-electron chi connectivity index (χ1n) is 5.32. The molecular formula is C12H13NO3S. The zero-order valence-electron chi connectivity index (χ0n) is 9.40. The summed E-state index contributed by atoms with van der Waals surface area (Å²) in [5.74, 6) is -0.858. The van der Waals surface area contributed by atoms with Crippen molar-refractivity contribution in [2.24, 2.45) is 0 Å². The van der Waals surface area contributed by atoms with Gasteiger partial charge in [0.2, 0.25) is 5.91 Å². The molecule has 2 N–H and O–H groups in total. The Morgan fingerprint density at radius 1 is 1.29 bits per heavy atom. The zero-order chi connectivity index (χ0) is 12.5. The molecule has 0 atom stereocenters. The number of hydrogen-bond acceptors (Lipinski definition) is 3. The van der Waals surface area contributed by atoms with Crippen molar-refractivity contribution in [2.75, 3.05) is 5.32 Å². The Morgan fingerprint density at radius 3 is 2.29 bits per heavy atom. The van der Waals surface area contributed by atoms with Gasteiger partial charge in [0.15, 0.2) is 0 Å². The molecular weight excluding hydrogens is 238 g/mol. The van der Waals surface area contributed by atoms with Crippen LogP contribution in [0.2, 0.25) is 0 Å². The molecule has 0 radical (unpaired) electrons. The number of benzene rings is 1. The lowest BCUT2D eigenvalue weighted by Crippen LogP contribution is -2.17. The third kappa shape index (κ3) is 2.79. The SMILES string of the molecule is CC(=O)Nc1ccc(SC2(C(=O)O)CC2)cc1. The lowest BCUT2D eigenvalue weighted by Gasteiger charge is -2.09. The molecule has 17 heavy (non-hydrogen) atoms. The summed E-state index contributed by atoms with van der Waals surface area (Å²) in [6.45, 7) is 1.45. The van der Waals surface area contributed by atoms with Gasteiger partial charge in [-0.05, 0) is 37.1 Å². The molecule has 0 saturated heterocycles. The molecule has 0 unspecified atom stereocenters. The van der Waals surface area contributed by atoms with Crippen LogP contribution in [0.25, 0.3) is 0 Å². The highest BCUT2D eigenvalue weighted by molar-refractivity contribution is 8.01. The minimum absolute atomic E-state index is 0.116. The summed E-state index contributed by atoms with van der Waals surface area (Å²) in [4.78, 5) is 22.8. The minimum Gasteiger partial charge on any atom is -0.480 e. The smallest absolute Gasteiger partial charge is 0.320 e. The van der Waals surface area contributed by atoms with Crippen LogP contribution in [0.15, 0.2) is 29.2 Å². The highest BCUT2D eigenvalue weighted by Gasteiger charge is 2.51. The lowest BCUT2D eigenvalue weighted by atomic mass is 10.3. The molecule has 0 aromatic heterocycles. The van der Waals surface area contributed by atoms with E-state index in [1.165, 1.54) is 18.7 Å². The molecule has 1 fully saturated rings.